The lowest BCUT2D eigenvalue weighted by molar-refractivity contribution is 0.571. The van der Waals surface area contributed by atoms with E-state index in [0.29, 0.717) is 16.6 Å². The summed E-state index contributed by atoms with van der Waals surface area (Å²) in [6.45, 7) is 0.675. The van der Waals surface area contributed by atoms with Gasteiger partial charge in [0, 0.05) is 22.1 Å². The first-order chi connectivity index (χ1) is 7.09. The standard InChI is InChI=1S/C10H12Cl2N2/c11-6-1-2-8(12)7(5-6)10-9(13)3-4-14-10/h1-2,5,9-10,14H,3-4,13H2/t9?,10-/m1/s1/i/hD. The fourth-order valence-corrected chi connectivity index (χ4v) is 2.14. The fourth-order valence-electron chi connectivity index (χ4n) is 1.73. The van der Waals surface area contributed by atoms with Crippen LogP contribution in [0.15, 0.2) is 18.2 Å². The maximum Gasteiger partial charge on any atom is 0.123 e. The highest BCUT2D eigenvalue weighted by Crippen LogP contribution is 2.30. The third-order valence-corrected chi connectivity index (χ3v) is 3.05. The van der Waals surface area contributed by atoms with Crippen molar-refractivity contribution in [2.24, 2.45) is 5.73 Å². The molecule has 0 radical (unpaired) electrons. The number of hydrogen-bond donors (Lipinski definition) is 2. The largest absolute Gasteiger partial charge is 0.326 e. The Hall–Kier alpha value is -0.280. The van der Waals surface area contributed by atoms with E-state index in [9.17, 15) is 0 Å². The van der Waals surface area contributed by atoms with Crippen molar-refractivity contribution >= 4 is 23.2 Å². The number of nitrogens with one attached hydrogen (secondary N) is 1. The predicted molar refractivity (Wildman–Crippen MR) is 59.8 cm³/mol. The molecule has 2 rings (SSSR count). The molecule has 1 saturated heterocycles. The summed E-state index contributed by atoms with van der Waals surface area (Å²) in [5.74, 6) is 0. The smallest absolute Gasteiger partial charge is 0.123 e. The summed E-state index contributed by atoms with van der Waals surface area (Å²) in [7, 11) is 0. The lowest BCUT2D eigenvalue weighted by Crippen LogP contribution is -2.28. The summed E-state index contributed by atoms with van der Waals surface area (Å²) < 4.78 is 7.78. The van der Waals surface area contributed by atoms with Gasteiger partial charge in [-0.2, -0.15) is 0 Å². The molecular formula is C10H12Cl2N2. The first-order valence-electron chi connectivity index (χ1n) is 5.00. The number of hydrogen-bond acceptors (Lipinski definition) is 2. The zero-order valence-corrected chi connectivity index (χ0v) is 9.09. The van der Waals surface area contributed by atoms with Crippen LogP contribution in [0.5, 0.6) is 0 Å². The van der Waals surface area contributed by atoms with Crippen molar-refractivity contribution < 1.29 is 1.41 Å². The number of benzene rings is 1. The molecule has 4 heteroatoms. The molecule has 1 heterocycles. The molecule has 1 aromatic rings. The van der Waals surface area contributed by atoms with Gasteiger partial charge >= 0.3 is 0 Å². The molecule has 1 unspecified atom stereocenters. The Kier molecular flexibility index (Phi) is 2.61. The van der Waals surface area contributed by atoms with Gasteiger partial charge in [-0.15, -0.1) is 0 Å². The Balaban J connectivity index is 2.39. The summed E-state index contributed by atoms with van der Waals surface area (Å²) >= 11 is 12.0. The molecule has 0 spiro atoms. The SMILES string of the molecule is [2H]N1CCC(N)[C@H]1c1cc(Cl)ccc1Cl. The molecule has 0 aliphatic carbocycles. The maximum absolute atomic E-state index is 7.78. The summed E-state index contributed by atoms with van der Waals surface area (Å²) in [6.07, 6.45) is 0.816. The predicted octanol–water partition coefficient (Wildman–Crippen LogP) is 2.36. The van der Waals surface area contributed by atoms with Crippen molar-refractivity contribution in [2.75, 3.05) is 6.54 Å². The molecular weight excluding hydrogens is 219 g/mol. The summed E-state index contributed by atoms with van der Waals surface area (Å²) in [5.41, 5.74) is 6.81. The Labute approximate surface area is 94.8 Å². The summed E-state index contributed by atoms with van der Waals surface area (Å²) in [6, 6.07) is 5.09. The number of nitrogens with two attached hydrogens (primary N) is 1. The van der Waals surface area contributed by atoms with Crippen LogP contribution in [0, 0.1) is 0 Å². The summed E-state index contributed by atoms with van der Waals surface area (Å²) in [5, 5.41) is 2.73. The van der Waals surface area contributed by atoms with E-state index in [1.807, 2.05) is 0 Å². The molecule has 0 amide bonds. The third-order valence-electron chi connectivity index (χ3n) is 2.47. The molecule has 1 aliphatic rings. The highest BCUT2D eigenvalue weighted by molar-refractivity contribution is 6.33. The van der Waals surface area contributed by atoms with Crippen molar-refractivity contribution in [1.29, 1.82) is 0 Å². The normalized spacial score (nSPS) is 29.2. The van der Waals surface area contributed by atoms with Gasteiger partial charge in [0.05, 0.1) is 0 Å². The second kappa shape index (κ2) is 4.07. The minimum absolute atomic E-state index is 0.0431. The first kappa shape index (κ1) is 8.98. The van der Waals surface area contributed by atoms with Crippen LogP contribution in [0.25, 0.3) is 0 Å². The average molecular weight is 232 g/mol. The lowest BCUT2D eigenvalue weighted by atomic mass is 10.0. The summed E-state index contributed by atoms with van der Waals surface area (Å²) in [4.78, 5) is 0. The van der Waals surface area contributed by atoms with E-state index >= 15 is 0 Å². The van der Waals surface area contributed by atoms with Crippen LogP contribution in [-0.2, 0) is 0 Å². The molecule has 3 N–H and O–H groups in total. The van der Waals surface area contributed by atoms with Crippen molar-refractivity contribution in [3.05, 3.63) is 33.8 Å². The monoisotopic (exact) mass is 231 g/mol. The highest BCUT2D eigenvalue weighted by Gasteiger charge is 2.26. The zero-order valence-electron chi connectivity index (χ0n) is 8.58. The lowest BCUT2D eigenvalue weighted by Gasteiger charge is -2.17. The van der Waals surface area contributed by atoms with Gasteiger partial charge in [0.1, 0.15) is 1.41 Å². The highest BCUT2D eigenvalue weighted by atomic mass is 35.5. The van der Waals surface area contributed by atoms with Gasteiger partial charge in [-0.05, 0) is 36.7 Å². The van der Waals surface area contributed by atoms with E-state index in [2.05, 4.69) is 0 Å². The van der Waals surface area contributed by atoms with Gasteiger partial charge in [-0.25, -0.2) is 0 Å². The molecule has 1 aliphatic heterocycles. The number of rotatable bonds is 1. The van der Waals surface area contributed by atoms with Gasteiger partial charge in [0.2, 0.25) is 0 Å². The molecule has 14 heavy (non-hydrogen) atoms. The van der Waals surface area contributed by atoms with Gasteiger partial charge in [-0.1, -0.05) is 23.2 Å². The second-order valence-electron chi connectivity index (χ2n) is 3.47. The average Bonchev–Trinajstić information content (AvgIpc) is 2.51. The molecule has 1 aromatic carbocycles. The van der Waals surface area contributed by atoms with Gasteiger partial charge in [0.15, 0.2) is 0 Å². The van der Waals surface area contributed by atoms with Crippen LogP contribution < -0.4 is 11.0 Å². The molecule has 0 saturated carbocycles. The van der Waals surface area contributed by atoms with Gasteiger partial charge in [-0.3, -0.25) is 0 Å². The van der Waals surface area contributed by atoms with E-state index in [4.69, 9.17) is 30.3 Å². The Morgan fingerprint density at radius 3 is 2.93 bits per heavy atom. The van der Waals surface area contributed by atoms with Crippen molar-refractivity contribution in [3.63, 3.8) is 0 Å². The van der Waals surface area contributed by atoms with Crippen LogP contribution in [0.3, 0.4) is 0 Å². The van der Waals surface area contributed by atoms with Crippen molar-refractivity contribution in [3.8, 4) is 0 Å². The quantitative estimate of drug-likeness (QED) is 0.779. The molecule has 2 atom stereocenters. The van der Waals surface area contributed by atoms with E-state index < -0.39 is 0 Å². The van der Waals surface area contributed by atoms with Crippen LogP contribution >= 0.6 is 23.2 Å². The second-order valence-corrected chi connectivity index (χ2v) is 4.31. The number of halogens is 2. The van der Waals surface area contributed by atoms with Crippen LogP contribution in [-0.4, -0.2) is 12.6 Å². The van der Waals surface area contributed by atoms with E-state index in [1.165, 1.54) is 5.31 Å². The van der Waals surface area contributed by atoms with Gasteiger partial charge < -0.3 is 11.0 Å². The minimum Gasteiger partial charge on any atom is -0.326 e. The first-order valence-corrected chi connectivity index (χ1v) is 5.31. The fraction of sp³-hybridized carbons (Fsp3) is 0.400. The van der Waals surface area contributed by atoms with Crippen molar-refractivity contribution in [2.45, 2.75) is 18.5 Å². The van der Waals surface area contributed by atoms with Crippen LogP contribution in [0.1, 0.15) is 18.0 Å². The Bertz CT molecular complexity index is 362. The zero-order chi connectivity index (χ0) is 11.0. The molecule has 0 aromatic heterocycles. The van der Waals surface area contributed by atoms with Gasteiger partial charge in [0.25, 0.3) is 0 Å². The molecule has 2 nitrogen and oxygen atoms in total. The molecule has 0 bridgehead atoms. The van der Waals surface area contributed by atoms with E-state index in [-0.39, 0.29) is 12.1 Å². The molecule has 76 valence electrons. The molecule has 1 fully saturated rings. The Morgan fingerprint density at radius 2 is 2.29 bits per heavy atom. The minimum atomic E-state index is -0.142. The van der Waals surface area contributed by atoms with Crippen LogP contribution in [0.4, 0.5) is 0 Å². The third kappa shape index (κ3) is 1.89. The topological polar surface area (TPSA) is 38.0 Å². The van der Waals surface area contributed by atoms with Crippen LogP contribution in [0.2, 0.25) is 11.5 Å². The Morgan fingerprint density at radius 1 is 1.50 bits per heavy atom. The van der Waals surface area contributed by atoms with E-state index in [0.717, 1.165) is 12.0 Å². The van der Waals surface area contributed by atoms with E-state index in [1.54, 1.807) is 18.2 Å². The maximum atomic E-state index is 7.78. The van der Waals surface area contributed by atoms with Crippen molar-refractivity contribution in [1.82, 2.24) is 5.31 Å².